The van der Waals surface area contributed by atoms with Crippen molar-refractivity contribution in [2.75, 3.05) is 12.4 Å². The molecule has 1 aromatic heterocycles. The first kappa shape index (κ1) is 12.3. The molecule has 1 aromatic carbocycles. The molecule has 0 saturated carbocycles. The van der Waals surface area contributed by atoms with E-state index in [1.807, 2.05) is 30.3 Å². The molecule has 0 saturated heterocycles. The van der Waals surface area contributed by atoms with Gasteiger partial charge >= 0.3 is 0 Å². The van der Waals surface area contributed by atoms with Crippen molar-refractivity contribution < 1.29 is 9.15 Å². The topological polar surface area (TPSA) is 34.4 Å². The van der Waals surface area contributed by atoms with Crippen LogP contribution in [0.2, 0.25) is 0 Å². The van der Waals surface area contributed by atoms with Gasteiger partial charge in [0.15, 0.2) is 3.77 Å². The van der Waals surface area contributed by atoms with Gasteiger partial charge in [-0.15, -0.1) is 0 Å². The van der Waals surface area contributed by atoms with Crippen molar-refractivity contribution in [3.8, 4) is 5.75 Å². The molecule has 0 aliphatic carbocycles. The Labute approximate surface area is 114 Å². The summed E-state index contributed by atoms with van der Waals surface area (Å²) in [6.45, 7) is 2.74. The fourth-order valence-corrected chi connectivity index (χ4v) is 2.05. The van der Waals surface area contributed by atoms with Crippen LogP contribution in [0.3, 0.4) is 0 Å². The standard InChI is InChI=1S/C13H14INO2/c1-9-7-10(16-2)3-5-12(9)15-8-11-4-6-13(14)17-11/h3-7,15H,8H2,1-2H3. The second kappa shape index (κ2) is 5.44. The minimum atomic E-state index is 0.691. The van der Waals surface area contributed by atoms with Gasteiger partial charge in [0.1, 0.15) is 11.5 Å². The molecule has 0 aliphatic rings. The van der Waals surface area contributed by atoms with E-state index in [2.05, 4.69) is 34.8 Å². The second-order valence-electron chi connectivity index (χ2n) is 3.74. The lowest BCUT2D eigenvalue weighted by molar-refractivity contribution is 0.414. The van der Waals surface area contributed by atoms with E-state index in [0.29, 0.717) is 6.54 Å². The van der Waals surface area contributed by atoms with Gasteiger partial charge in [-0.05, 0) is 65.4 Å². The molecule has 90 valence electrons. The van der Waals surface area contributed by atoms with Crippen molar-refractivity contribution in [3.63, 3.8) is 0 Å². The Morgan fingerprint density at radius 2 is 2.12 bits per heavy atom. The molecule has 4 heteroatoms. The fourth-order valence-electron chi connectivity index (χ4n) is 1.59. The molecule has 0 aliphatic heterocycles. The van der Waals surface area contributed by atoms with Crippen LogP contribution >= 0.6 is 22.6 Å². The van der Waals surface area contributed by atoms with Crippen LogP contribution in [0.1, 0.15) is 11.3 Å². The molecule has 2 rings (SSSR count). The third-order valence-electron chi connectivity index (χ3n) is 2.52. The van der Waals surface area contributed by atoms with E-state index >= 15 is 0 Å². The minimum Gasteiger partial charge on any atom is -0.497 e. The van der Waals surface area contributed by atoms with Gasteiger partial charge in [-0.1, -0.05) is 0 Å². The summed E-state index contributed by atoms with van der Waals surface area (Å²) in [7, 11) is 1.67. The molecular formula is C13H14INO2. The normalized spacial score (nSPS) is 10.3. The summed E-state index contributed by atoms with van der Waals surface area (Å²) in [6, 6.07) is 9.91. The summed E-state index contributed by atoms with van der Waals surface area (Å²) < 4.78 is 11.6. The van der Waals surface area contributed by atoms with Crippen molar-refractivity contribution >= 4 is 28.3 Å². The highest BCUT2D eigenvalue weighted by molar-refractivity contribution is 14.1. The Hall–Kier alpha value is -1.17. The lowest BCUT2D eigenvalue weighted by atomic mass is 10.2. The van der Waals surface area contributed by atoms with Gasteiger partial charge in [-0.3, -0.25) is 0 Å². The number of rotatable bonds is 4. The Kier molecular flexibility index (Phi) is 3.93. The molecule has 0 amide bonds. The number of benzene rings is 1. The monoisotopic (exact) mass is 343 g/mol. The third kappa shape index (κ3) is 3.15. The first-order valence-corrected chi connectivity index (χ1v) is 6.39. The maximum Gasteiger partial charge on any atom is 0.164 e. The molecule has 0 atom stereocenters. The quantitative estimate of drug-likeness (QED) is 0.858. The van der Waals surface area contributed by atoms with Gasteiger partial charge < -0.3 is 14.5 Å². The van der Waals surface area contributed by atoms with Crippen molar-refractivity contribution in [2.24, 2.45) is 0 Å². The van der Waals surface area contributed by atoms with Crippen LogP contribution in [0, 0.1) is 10.7 Å². The smallest absolute Gasteiger partial charge is 0.164 e. The Morgan fingerprint density at radius 3 is 2.71 bits per heavy atom. The fraction of sp³-hybridized carbons (Fsp3) is 0.231. The molecule has 0 unspecified atom stereocenters. The number of methoxy groups -OCH3 is 1. The average Bonchev–Trinajstić information content (AvgIpc) is 2.73. The molecular weight excluding hydrogens is 329 g/mol. The van der Waals surface area contributed by atoms with Crippen LogP contribution in [-0.4, -0.2) is 7.11 Å². The molecule has 17 heavy (non-hydrogen) atoms. The third-order valence-corrected chi connectivity index (χ3v) is 3.10. The molecule has 2 aromatic rings. The van der Waals surface area contributed by atoms with E-state index < -0.39 is 0 Å². The zero-order valence-corrected chi connectivity index (χ0v) is 11.9. The zero-order chi connectivity index (χ0) is 12.3. The minimum absolute atomic E-state index is 0.691. The number of anilines is 1. The predicted octanol–water partition coefficient (Wildman–Crippen LogP) is 3.81. The van der Waals surface area contributed by atoms with Crippen LogP contribution in [-0.2, 0) is 6.54 Å². The number of aryl methyl sites for hydroxylation is 1. The average molecular weight is 343 g/mol. The van der Waals surface area contributed by atoms with E-state index in [1.165, 1.54) is 0 Å². The SMILES string of the molecule is COc1ccc(NCc2ccc(I)o2)c(C)c1. The molecule has 0 fully saturated rings. The summed E-state index contributed by atoms with van der Waals surface area (Å²) in [5.74, 6) is 1.81. The molecule has 0 radical (unpaired) electrons. The van der Waals surface area contributed by atoms with Gasteiger partial charge in [-0.25, -0.2) is 0 Å². The molecule has 1 heterocycles. The highest BCUT2D eigenvalue weighted by atomic mass is 127. The lowest BCUT2D eigenvalue weighted by Crippen LogP contribution is -2.00. The first-order valence-electron chi connectivity index (χ1n) is 5.32. The highest BCUT2D eigenvalue weighted by Crippen LogP contribution is 2.22. The maximum atomic E-state index is 5.49. The Morgan fingerprint density at radius 1 is 1.29 bits per heavy atom. The summed E-state index contributed by atoms with van der Waals surface area (Å²) in [5.41, 5.74) is 2.25. The largest absolute Gasteiger partial charge is 0.497 e. The van der Waals surface area contributed by atoms with Crippen molar-refractivity contribution in [3.05, 3.63) is 45.4 Å². The number of hydrogen-bond donors (Lipinski definition) is 1. The van der Waals surface area contributed by atoms with Gasteiger partial charge in [0.2, 0.25) is 0 Å². The van der Waals surface area contributed by atoms with E-state index in [0.717, 1.165) is 26.5 Å². The summed E-state index contributed by atoms with van der Waals surface area (Å²) in [5, 5.41) is 3.34. The van der Waals surface area contributed by atoms with Crippen LogP contribution in [0.15, 0.2) is 34.7 Å². The molecule has 1 N–H and O–H groups in total. The van der Waals surface area contributed by atoms with Crippen LogP contribution in [0.4, 0.5) is 5.69 Å². The van der Waals surface area contributed by atoms with Crippen LogP contribution in [0.25, 0.3) is 0 Å². The number of halogens is 1. The number of ether oxygens (including phenoxy) is 1. The van der Waals surface area contributed by atoms with Crippen molar-refractivity contribution in [1.29, 1.82) is 0 Å². The van der Waals surface area contributed by atoms with Gasteiger partial charge in [0.05, 0.1) is 13.7 Å². The number of nitrogens with one attached hydrogen (secondary N) is 1. The first-order chi connectivity index (χ1) is 8.19. The van der Waals surface area contributed by atoms with E-state index in [1.54, 1.807) is 7.11 Å². The summed E-state index contributed by atoms with van der Waals surface area (Å²) in [6.07, 6.45) is 0. The van der Waals surface area contributed by atoms with E-state index in [9.17, 15) is 0 Å². The molecule has 0 spiro atoms. The molecule has 3 nitrogen and oxygen atoms in total. The predicted molar refractivity (Wildman–Crippen MR) is 76.5 cm³/mol. The summed E-state index contributed by atoms with van der Waals surface area (Å²) >= 11 is 2.16. The van der Waals surface area contributed by atoms with Crippen molar-refractivity contribution in [2.45, 2.75) is 13.5 Å². The molecule has 0 bridgehead atoms. The van der Waals surface area contributed by atoms with E-state index in [4.69, 9.17) is 9.15 Å². The lowest BCUT2D eigenvalue weighted by Gasteiger charge is -2.09. The van der Waals surface area contributed by atoms with Crippen molar-refractivity contribution in [1.82, 2.24) is 0 Å². The highest BCUT2D eigenvalue weighted by Gasteiger charge is 2.02. The van der Waals surface area contributed by atoms with E-state index in [-0.39, 0.29) is 0 Å². The zero-order valence-electron chi connectivity index (χ0n) is 9.79. The summed E-state index contributed by atoms with van der Waals surface area (Å²) in [4.78, 5) is 0. The van der Waals surface area contributed by atoms with Gasteiger partial charge in [-0.2, -0.15) is 0 Å². The van der Waals surface area contributed by atoms with Gasteiger partial charge in [0, 0.05) is 5.69 Å². The van der Waals surface area contributed by atoms with Crippen LogP contribution in [0.5, 0.6) is 5.75 Å². The van der Waals surface area contributed by atoms with Gasteiger partial charge in [0.25, 0.3) is 0 Å². The number of hydrogen-bond acceptors (Lipinski definition) is 3. The second-order valence-corrected chi connectivity index (χ2v) is 4.80. The maximum absolute atomic E-state index is 5.49. The Bertz CT molecular complexity index is 508. The van der Waals surface area contributed by atoms with Crippen LogP contribution < -0.4 is 10.1 Å². The Balaban J connectivity index is 2.04. The number of furan rings is 1.